The van der Waals surface area contributed by atoms with E-state index >= 15 is 0 Å². The van der Waals surface area contributed by atoms with Gasteiger partial charge in [-0.05, 0) is 12.0 Å². The topological polar surface area (TPSA) is 71.4 Å². The van der Waals surface area contributed by atoms with Crippen molar-refractivity contribution in [3.63, 3.8) is 0 Å². The zero-order valence-electron chi connectivity index (χ0n) is 5.78. The number of aliphatic carboxylic acids is 1. The summed E-state index contributed by atoms with van der Waals surface area (Å²) in [7, 11) is -2.97. The van der Waals surface area contributed by atoms with Crippen molar-refractivity contribution >= 4 is 15.8 Å². The summed E-state index contributed by atoms with van der Waals surface area (Å²) in [5.74, 6) is -1.07. The molecule has 0 spiro atoms. The fourth-order valence-electron chi connectivity index (χ4n) is 1.00. The zero-order chi connectivity index (χ0) is 8.48. The molecule has 11 heavy (non-hydrogen) atoms. The highest BCUT2D eigenvalue weighted by molar-refractivity contribution is 7.91. The Morgan fingerprint density at radius 3 is 2.55 bits per heavy atom. The monoisotopic (exact) mass is 176 g/mol. The molecule has 0 unspecified atom stereocenters. The van der Waals surface area contributed by atoms with Crippen molar-refractivity contribution in [2.75, 3.05) is 11.5 Å². The lowest BCUT2D eigenvalue weighted by Gasteiger charge is -1.87. The molecule has 0 bridgehead atoms. The molecule has 0 atom stereocenters. The Bertz CT molecular complexity index is 299. The summed E-state index contributed by atoms with van der Waals surface area (Å²) in [5.41, 5.74) is 0.498. The van der Waals surface area contributed by atoms with Gasteiger partial charge in [-0.2, -0.15) is 0 Å². The van der Waals surface area contributed by atoms with E-state index < -0.39 is 15.8 Å². The second-order valence-corrected chi connectivity index (χ2v) is 4.67. The van der Waals surface area contributed by atoms with E-state index in [1.54, 1.807) is 0 Å². The number of carboxylic acid groups (broad SMARTS) is 1. The van der Waals surface area contributed by atoms with Crippen molar-refractivity contribution in [2.45, 2.75) is 6.42 Å². The lowest BCUT2D eigenvalue weighted by atomic mass is 10.2. The van der Waals surface area contributed by atoms with Gasteiger partial charge in [-0.1, -0.05) is 0 Å². The van der Waals surface area contributed by atoms with E-state index in [9.17, 15) is 13.2 Å². The first-order valence-electron chi connectivity index (χ1n) is 3.12. The van der Waals surface area contributed by atoms with Crippen LogP contribution in [0, 0.1) is 0 Å². The smallest absolute Gasteiger partial charge is 0.328 e. The van der Waals surface area contributed by atoms with Crippen molar-refractivity contribution in [1.82, 2.24) is 0 Å². The van der Waals surface area contributed by atoms with Crippen molar-refractivity contribution in [3.05, 3.63) is 11.6 Å². The third kappa shape index (κ3) is 2.34. The van der Waals surface area contributed by atoms with Crippen LogP contribution in [0.15, 0.2) is 11.6 Å². The van der Waals surface area contributed by atoms with Crippen LogP contribution in [-0.2, 0) is 14.6 Å². The number of hydrogen-bond donors (Lipinski definition) is 1. The van der Waals surface area contributed by atoms with Crippen molar-refractivity contribution in [2.24, 2.45) is 0 Å². The normalized spacial score (nSPS) is 25.6. The number of rotatable bonds is 1. The number of hydrogen-bond acceptors (Lipinski definition) is 3. The van der Waals surface area contributed by atoms with Gasteiger partial charge in [-0.3, -0.25) is 0 Å². The molecule has 4 nitrogen and oxygen atoms in total. The third-order valence-electron chi connectivity index (χ3n) is 1.47. The maximum Gasteiger partial charge on any atom is 0.328 e. The van der Waals surface area contributed by atoms with Crippen LogP contribution in [0.3, 0.4) is 0 Å². The van der Waals surface area contributed by atoms with Gasteiger partial charge in [0.2, 0.25) is 0 Å². The molecule has 1 fully saturated rings. The fourth-order valence-corrected chi connectivity index (χ4v) is 2.51. The molecule has 5 heteroatoms. The molecule has 0 aromatic heterocycles. The van der Waals surface area contributed by atoms with Gasteiger partial charge in [0.1, 0.15) is 0 Å². The SMILES string of the molecule is O=C(O)/C=C1/CCS(=O)(=O)C1. The maximum atomic E-state index is 10.8. The summed E-state index contributed by atoms with van der Waals surface area (Å²) in [6.07, 6.45) is 1.35. The quantitative estimate of drug-likeness (QED) is 0.562. The summed E-state index contributed by atoms with van der Waals surface area (Å²) in [6, 6.07) is 0. The minimum atomic E-state index is -2.97. The van der Waals surface area contributed by atoms with E-state index in [2.05, 4.69) is 0 Å². The summed E-state index contributed by atoms with van der Waals surface area (Å²) in [6.45, 7) is 0. The van der Waals surface area contributed by atoms with Gasteiger partial charge in [-0.15, -0.1) is 0 Å². The Morgan fingerprint density at radius 1 is 1.55 bits per heavy atom. The average molecular weight is 176 g/mol. The van der Waals surface area contributed by atoms with Gasteiger partial charge < -0.3 is 5.11 Å². The average Bonchev–Trinajstić information content (AvgIpc) is 2.08. The van der Waals surface area contributed by atoms with Crippen LogP contribution in [0.1, 0.15) is 6.42 Å². The van der Waals surface area contributed by atoms with Gasteiger partial charge >= 0.3 is 5.97 Å². The van der Waals surface area contributed by atoms with E-state index in [-0.39, 0.29) is 11.5 Å². The van der Waals surface area contributed by atoms with E-state index in [0.29, 0.717) is 12.0 Å². The molecule has 0 saturated carbocycles. The summed E-state index contributed by atoms with van der Waals surface area (Å²) < 4.78 is 21.6. The van der Waals surface area contributed by atoms with E-state index in [1.807, 2.05) is 0 Å². The summed E-state index contributed by atoms with van der Waals surface area (Å²) >= 11 is 0. The van der Waals surface area contributed by atoms with Crippen LogP contribution in [-0.4, -0.2) is 31.0 Å². The van der Waals surface area contributed by atoms with E-state index in [0.717, 1.165) is 6.08 Å². The third-order valence-corrected chi connectivity index (χ3v) is 3.10. The molecule has 1 aliphatic rings. The second kappa shape index (κ2) is 2.65. The first-order valence-corrected chi connectivity index (χ1v) is 4.94. The van der Waals surface area contributed by atoms with Crippen LogP contribution >= 0.6 is 0 Å². The Kier molecular flexibility index (Phi) is 1.99. The Balaban J connectivity index is 2.77. The summed E-state index contributed by atoms with van der Waals surface area (Å²) in [5, 5.41) is 8.27. The van der Waals surface area contributed by atoms with Crippen LogP contribution in [0.4, 0.5) is 0 Å². The van der Waals surface area contributed by atoms with E-state index in [4.69, 9.17) is 5.11 Å². The molecule has 1 rings (SSSR count). The van der Waals surface area contributed by atoms with Crippen molar-refractivity contribution < 1.29 is 18.3 Å². The van der Waals surface area contributed by atoms with Crippen molar-refractivity contribution in [3.8, 4) is 0 Å². The molecule has 0 aromatic carbocycles. The number of carbonyl (C=O) groups is 1. The minimum absolute atomic E-state index is 0.0840. The minimum Gasteiger partial charge on any atom is -0.478 e. The molecular formula is C6H8O4S. The molecule has 1 N–H and O–H groups in total. The molecular weight excluding hydrogens is 168 g/mol. The van der Waals surface area contributed by atoms with Gasteiger partial charge in [0.15, 0.2) is 9.84 Å². The van der Waals surface area contributed by atoms with Crippen LogP contribution in [0.25, 0.3) is 0 Å². The Morgan fingerprint density at radius 2 is 2.18 bits per heavy atom. The predicted molar refractivity (Wildman–Crippen MR) is 39.0 cm³/mol. The highest BCUT2D eigenvalue weighted by atomic mass is 32.2. The lowest BCUT2D eigenvalue weighted by molar-refractivity contribution is -0.131. The predicted octanol–water partition coefficient (Wildman–Crippen LogP) is -0.184. The molecule has 0 radical (unpaired) electrons. The molecule has 1 heterocycles. The first kappa shape index (κ1) is 8.26. The standard InChI is InChI=1S/C6H8O4S/c7-6(8)3-5-1-2-11(9,10)4-5/h3H,1-2,4H2,(H,7,8)/b5-3-. The van der Waals surface area contributed by atoms with Gasteiger partial charge in [0.05, 0.1) is 11.5 Å². The van der Waals surface area contributed by atoms with Gasteiger partial charge in [0.25, 0.3) is 0 Å². The fraction of sp³-hybridized carbons (Fsp3) is 0.500. The van der Waals surface area contributed by atoms with Crippen LogP contribution < -0.4 is 0 Å². The molecule has 1 saturated heterocycles. The molecule has 62 valence electrons. The number of carboxylic acids is 1. The lowest BCUT2D eigenvalue weighted by Crippen LogP contribution is -2.00. The second-order valence-electron chi connectivity index (χ2n) is 2.48. The number of sulfone groups is 1. The van der Waals surface area contributed by atoms with Gasteiger partial charge in [-0.25, -0.2) is 13.2 Å². The Labute approximate surface area is 64.4 Å². The highest BCUT2D eigenvalue weighted by Crippen LogP contribution is 2.16. The first-order chi connectivity index (χ1) is 4.99. The van der Waals surface area contributed by atoms with Crippen molar-refractivity contribution in [1.29, 1.82) is 0 Å². The van der Waals surface area contributed by atoms with Crippen LogP contribution in [0.5, 0.6) is 0 Å². The zero-order valence-corrected chi connectivity index (χ0v) is 6.60. The van der Waals surface area contributed by atoms with Gasteiger partial charge in [0, 0.05) is 6.08 Å². The van der Waals surface area contributed by atoms with E-state index in [1.165, 1.54) is 0 Å². The highest BCUT2D eigenvalue weighted by Gasteiger charge is 2.22. The molecule has 0 aromatic rings. The van der Waals surface area contributed by atoms with Crippen LogP contribution in [0.2, 0.25) is 0 Å². The molecule has 0 amide bonds. The molecule has 0 aliphatic carbocycles. The maximum absolute atomic E-state index is 10.8. The Hall–Kier alpha value is -0.840. The summed E-state index contributed by atoms with van der Waals surface area (Å²) in [4.78, 5) is 10.1. The molecule has 1 aliphatic heterocycles. The largest absolute Gasteiger partial charge is 0.478 e.